The number of hydrogen-bond acceptors (Lipinski definition) is 4. The summed E-state index contributed by atoms with van der Waals surface area (Å²) in [6, 6.07) is 7.00. The number of fused-ring (bicyclic) bond motifs is 1. The molecule has 0 saturated carbocycles. The van der Waals surface area contributed by atoms with E-state index in [1.165, 1.54) is 16.9 Å². The largest absolute Gasteiger partial charge is 0.493 e. The van der Waals surface area contributed by atoms with Crippen molar-refractivity contribution in [2.75, 3.05) is 19.4 Å². The third kappa shape index (κ3) is 2.70. The van der Waals surface area contributed by atoms with Crippen molar-refractivity contribution in [2.24, 2.45) is 0 Å². The van der Waals surface area contributed by atoms with Gasteiger partial charge in [-0.3, -0.25) is 0 Å². The minimum absolute atomic E-state index is 0.385. The highest BCUT2D eigenvalue weighted by Gasteiger charge is 2.33. The standard InChI is InChI=1S/C16H23NOS2/c1-10-11(2)20-14(9-19-10)15(17-3)13-6-4-5-12-7-8-18-16(12)13/h4-6,10-11,14-15,17H,7-9H2,1-3H3. The van der Waals surface area contributed by atoms with Crippen molar-refractivity contribution < 1.29 is 4.74 Å². The molecule has 110 valence electrons. The predicted molar refractivity (Wildman–Crippen MR) is 90.2 cm³/mol. The zero-order chi connectivity index (χ0) is 14.1. The molecule has 2 aliphatic heterocycles. The fourth-order valence-electron chi connectivity index (χ4n) is 3.01. The van der Waals surface area contributed by atoms with E-state index < -0.39 is 0 Å². The van der Waals surface area contributed by atoms with E-state index in [0.717, 1.165) is 24.0 Å². The Morgan fingerprint density at radius 1 is 1.30 bits per heavy atom. The van der Waals surface area contributed by atoms with Crippen molar-refractivity contribution in [3.63, 3.8) is 0 Å². The Balaban J connectivity index is 1.85. The molecule has 2 nitrogen and oxygen atoms in total. The van der Waals surface area contributed by atoms with Crippen LogP contribution in [0.4, 0.5) is 0 Å². The molecule has 1 N–H and O–H groups in total. The zero-order valence-corrected chi connectivity index (χ0v) is 14.0. The average Bonchev–Trinajstić information content (AvgIpc) is 2.93. The molecule has 1 saturated heterocycles. The summed E-state index contributed by atoms with van der Waals surface area (Å²) >= 11 is 4.23. The first kappa shape index (κ1) is 14.6. The summed E-state index contributed by atoms with van der Waals surface area (Å²) in [5, 5.41) is 5.63. The van der Waals surface area contributed by atoms with Crippen LogP contribution in [-0.2, 0) is 6.42 Å². The molecule has 2 heterocycles. The minimum atomic E-state index is 0.385. The van der Waals surface area contributed by atoms with Crippen molar-refractivity contribution in [1.82, 2.24) is 5.32 Å². The first-order valence-electron chi connectivity index (χ1n) is 7.39. The quantitative estimate of drug-likeness (QED) is 0.922. The summed E-state index contributed by atoms with van der Waals surface area (Å²) in [4.78, 5) is 0. The van der Waals surface area contributed by atoms with Gasteiger partial charge in [-0.25, -0.2) is 0 Å². The molecule has 0 bridgehead atoms. The van der Waals surface area contributed by atoms with E-state index in [1.807, 2.05) is 0 Å². The van der Waals surface area contributed by atoms with Gasteiger partial charge in [-0.1, -0.05) is 32.0 Å². The van der Waals surface area contributed by atoms with Gasteiger partial charge in [0.05, 0.1) is 6.61 Å². The van der Waals surface area contributed by atoms with Gasteiger partial charge in [-0.2, -0.15) is 23.5 Å². The van der Waals surface area contributed by atoms with Crippen molar-refractivity contribution in [2.45, 2.75) is 42.1 Å². The lowest BCUT2D eigenvalue weighted by molar-refractivity contribution is 0.349. The van der Waals surface area contributed by atoms with Gasteiger partial charge in [-0.15, -0.1) is 0 Å². The molecular formula is C16H23NOS2. The van der Waals surface area contributed by atoms with Gasteiger partial charge < -0.3 is 10.1 Å². The minimum Gasteiger partial charge on any atom is -0.493 e. The molecule has 0 spiro atoms. The number of para-hydroxylation sites is 1. The highest BCUT2D eigenvalue weighted by atomic mass is 32.2. The third-order valence-electron chi connectivity index (χ3n) is 4.34. The van der Waals surface area contributed by atoms with Gasteiger partial charge in [0.2, 0.25) is 0 Å². The number of benzene rings is 1. The number of nitrogens with one attached hydrogen (secondary N) is 1. The van der Waals surface area contributed by atoms with Gasteiger partial charge >= 0.3 is 0 Å². The lowest BCUT2D eigenvalue weighted by Crippen LogP contribution is -2.35. The molecule has 0 aliphatic carbocycles. The second-order valence-corrected chi connectivity index (χ2v) is 8.65. The van der Waals surface area contributed by atoms with E-state index in [-0.39, 0.29) is 0 Å². The maximum atomic E-state index is 5.90. The maximum Gasteiger partial charge on any atom is 0.127 e. The Kier molecular flexibility index (Phi) is 4.53. The van der Waals surface area contributed by atoms with Crippen LogP contribution in [0.25, 0.3) is 0 Å². The van der Waals surface area contributed by atoms with Crippen LogP contribution in [0, 0.1) is 0 Å². The van der Waals surface area contributed by atoms with Crippen molar-refractivity contribution in [3.8, 4) is 5.75 Å². The van der Waals surface area contributed by atoms with E-state index in [4.69, 9.17) is 4.74 Å². The van der Waals surface area contributed by atoms with Crippen molar-refractivity contribution >= 4 is 23.5 Å². The van der Waals surface area contributed by atoms with Crippen LogP contribution in [0.1, 0.15) is 31.0 Å². The first-order chi connectivity index (χ1) is 9.70. The molecule has 4 heteroatoms. The fourth-order valence-corrected chi connectivity index (χ4v) is 6.16. The second kappa shape index (κ2) is 6.20. The Morgan fingerprint density at radius 3 is 2.90 bits per heavy atom. The van der Waals surface area contributed by atoms with Gasteiger partial charge in [0.15, 0.2) is 0 Å². The molecule has 2 aliphatic rings. The van der Waals surface area contributed by atoms with Crippen LogP contribution in [0.5, 0.6) is 5.75 Å². The molecule has 1 aromatic carbocycles. The SMILES string of the molecule is CNC(c1cccc2c1OCC2)C1CSC(C)C(C)S1. The Morgan fingerprint density at radius 2 is 2.15 bits per heavy atom. The van der Waals surface area contributed by atoms with Crippen LogP contribution < -0.4 is 10.1 Å². The highest BCUT2D eigenvalue weighted by molar-refractivity contribution is 8.07. The lowest BCUT2D eigenvalue weighted by atomic mass is 10.00. The summed E-state index contributed by atoms with van der Waals surface area (Å²) in [5.41, 5.74) is 2.72. The first-order valence-corrected chi connectivity index (χ1v) is 9.38. The number of thioether (sulfide) groups is 2. The maximum absolute atomic E-state index is 5.90. The topological polar surface area (TPSA) is 21.3 Å². The summed E-state index contributed by atoms with van der Waals surface area (Å²) in [6.07, 6.45) is 1.06. The zero-order valence-electron chi connectivity index (χ0n) is 12.4. The molecule has 1 fully saturated rings. The van der Waals surface area contributed by atoms with E-state index in [1.54, 1.807) is 0 Å². The van der Waals surface area contributed by atoms with Gasteiger partial charge in [0.25, 0.3) is 0 Å². The molecule has 4 atom stereocenters. The lowest BCUT2D eigenvalue weighted by Gasteiger charge is -2.36. The van der Waals surface area contributed by atoms with E-state index >= 15 is 0 Å². The molecular weight excluding hydrogens is 286 g/mol. The number of hydrogen-bond donors (Lipinski definition) is 1. The summed E-state index contributed by atoms with van der Waals surface area (Å²) in [5.74, 6) is 2.36. The third-order valence-corrected chi connectivity index (χ3v) is 7.83. The van der Waals surface area contributed by atoms with Gasteiger partial charge in [0.1, 0.15) is 5.75 Å². The molecule has 20 heavy (non-hydrogen) atoms. The van der Waals surface area contributed by atoms with Crippen molar-refractivity contribution in [1.29, 1.82) is 0 Å². The van der Waals surface area contributed by atoms with Crippen LogP contribution in [-0.4, -0.2) is 35.2 Å². The summed E-state index contributed by atoms with van der Waals surface area (Å²) in [7, 11) is 2.08. The molecule has 0 amide bonds. The van der Waals surface area contributed by atoms with Crippen LogP contribution >= 0.6 is 23.5 Å². The fraction of sp³-hybridized carbons (Fsp3) is 0.625. The normalized spacial score (nSPS) is 30.6. The van der Waals surface area contributed by atoms with Crippen LogP contribution in [0.15, 0.2) is 18.2 Å². The van der Waals surface area contributed by atoms with Gasteiger partial charge in [-0.05, 0) is 12.6 Å². The van der Waals surface area contributed by atoms with E-state index in [9.17, 15) is 0 Å². The molecule has 0 radical (unpaired) electrons. The van der Waals surface area contributed by atoms with E-state index in [2.05, 4.69) is 67.9 Å². The van der Waals surface area contributed by atoms with Crippen LogP contribution in [0.3, 0.4) is 0 Å². The number of ether oxygens (including phenoxy) is 1. The highest BCUT2D eigenvalue weighted by Crippen LogP contribution is 2.44. The Bertz CT molecular complexity index is 480. The average molecular weight is 309 g/mol. The Labute approximate surface area is 130 Å². The molecule has 3 rings (SSSR count). The monoisotopic (exact) mass is 309 g/mol. The Hall–Kier alpha value is -0.320. The molecule has 1 aromatic rings. The van der Waals surface area contributed by atoms with Crippen molar-refractivity contribution in [3.05, 3.63) is 29.3 Å². The van der Waals surface area contributed by atoms with Crippen LogP contribution in [0.2, 0.25) is 0 Å². The molecule has 0 aromatic heterocycles. The number of rotatable bonds is 3. The predicted octanol–water partition coefficient (Wildman–Crippen LogP) is 3.51. The smallest absolute Gasteiger partial charge is 0.127 e. The second-order valence-electron chi connectivity index (χ2n) is 5.62. The molecule has 4 unspecified atom stereocenters. The van der Waals surface area contributed by atoms with Gasteiger partial charge in [0, 0.05) is 39.5 Å². The van der Waals surface area contributed by atoms with E-state index in [0.29, 0.717) is 16.5 Å². The summed E-state index contributed by atoms with van der Waals surface area (Å²) < 4.78 is 5.90. The summed E-state index contributed by atoms with van der Waals surface area (Å²) in [6.45, 7) is 5.53.